The highest BCUT2D eigenvalue weighted by molar-refractivity contribution is 7.99. The van der Waals surface area contributed by atoms with Gasteiger partial charge in [0.05, 0.1) is 11.4 Å². The fourth-order valence-corrected chi connectivity index (χ4v) is 5.01. The molecule has 0 bridgehead atoms. The van der Waals surface area contributed by atoms with Crippen molar-refractivity contribution < 1.29 is 4.79 Å². The number of hydrogen-bond acceptors (Lipinski definition) is 4. The molecule has 2 aromatic rings. The molecule has 2 aliphatic rings. The molecule has 2 N–H and O–H groups in total. The largest absolute Gasteiger partial charge is 0.356 e. The molecule has 2 aliphatic heterocycles. The molecule has 1 unspecified atom stereocenters. The second-order valence-electron chi connectivity index (χ2n) is 7.29. The molecule has 1 saturated heterocycles. The summed E-state index contributed by atoms with van der Waals surface area (Å²) in [5, 5.41) is 6.56. The fraction of sp³-hybridized carbons (Fsp3) is 0.409. The lowest BCUT2D eigenvalue weighted by Crippen LogP contribution is -2.34. The Hall–Kier alpha value is -1.69. The van der Waals surface area contributed by atoms with Gasteiger partial charge in [0, 0.05) is 29.3 Å². The average molecular weight is 418 g/mol. The Morgan fingerprint density at radius 1 is 1.11 bits per heavy atom. The van der Waals surface area contributed by atoms with Crippen LogP contribution in [-0.4, -0.2) is 32.1 Å². The molecule has 150 valence electrons. The van der Waals surface area contributed by atoms with Gasteiger partial charge in [-0.1, -0.05) is 36.0 Å². The Kier molecular flexibility index (Phi) is 7.65. The molecule has 4 rings (SSSR count). The first-order chi connectivity index (χ1) is 13.3. The van der Waals surface area contributed by atoms with E-state index in [-0.39, 0.29) is 18.3 Å². The average Bonchev–Trinajstić information content (AvgIpc) is 2.72. The Morgan fingerprint density at radius 3 is 2.43 bits per heavy atom. The number of halogens is 1. The van der Waals surface area contributed by atoms with E-state index in [9.17, 15) is 4.79 Å². The standard InChI is InChI=1S/C22H27N3OS.ClH/c26-22(24-14-11-17-6-5-13-23-16-17)12-15-25-18-7-1-3-9-20(18)27-21-10-4-2-8-19(21)25;/h1-4,7-10,17,23H,5-6,11-16H2,(H,24,26);1H. The lowest BCUT2D eigenvalue weighted by molar-refractivity contribution is -0.120. The third-order valence-corrected chi connectivity index (χ3v) is 6.50. The van der Waals surface area contributed by atoms with Crippen LogP contribution < -0.4 is 15.5 Å². The minimum absolute atomic E-state index is 0. The fourth-order valence-electron chi connectivity index (χ4n) is 3.91. The molecule has 4 nitrogen and oxygen atoms in total. The Bertz CT molecular complexity index is 749. The SMILES string of the molecule is Cl.O=C(CCN1c2ccccc2Sc2ccccc21)NCCC1CCCNC1. The first-order valence-electron chi connectivity index (χ1n) is 9.92. The van der Waals surface area contributed by atoms with E-state index < -0.39 is 0 Å². The summed E-state index contributed by atoms with van der Waals surface area (Å²) in [6.45, 7) is 3.72. The van der Waals surface area contributed by atoms with Crippen molar-refractivity contribution in [1.82, 2.24) is 10.6 Å². The van der Waals surface area contributed by atoms with Crippen molar-refractivity contribution in [3.05, 3.63) is 48.5 Å². The second kappa shape index (κ2) is 10.2. The summed E-state index contributed by atoms with van der Waals surface area (Å²) >= 11 is 1.80. The number of fused-ring (bicyclic) bond motifs is 2. The summed E-state index contributed by atoms with van der Waals surface area (Å²) < 4.78 is 0. The minimum Gasteiger partial charge on any atom is -0.356 e. The summed E-state index contributed by atoms with van der Waals surface area (Å²) in [6.07, 6.45) is 4.12. The Balaban J connectivity index is 0.00000225. The number of para-hydroxylation sites is 2. The predicted octanol–water partition coefficient (Wildman–Crippen LogP) is 4.61. The molecule has 1 atom stereocenters. The van der Waals surface area contributed by atoms with Crippen molar-refractivity contribution >= 4 is 41.5 Å². The number of anilines is 2. The van der Waals surface area contributed by atoms with Crippen LogP contribution in [0.1, 0.15) is 25.7 Å². The van der Waals surface area contributed by atoms with Crippen molar-refractivity contribution in [2.45, 2.75) is 35.5 Å². The van der Waals surface area contributed by atoms with E-state index in [4.69, 9.17) is 0 Å². The van der Waals surface area contributed by atoms with Crippen LogP contribution in [0.25, 0.3) is 0 Å². The number of nitrogens with one attached hydrogen (secondary N) is 2. The van der Waals surface area contributed by atoms with Crippen LogP contribution in [0, 0.1) is 5.92 Å². The van der Waals surface area contributed by atoms with Gasteiger partial charge >= 0.3 is 0 Å². The highest BCUT2D eigenvalue weighted by Gasteiger charge is 2.23. The molecule has 2 aromatic carbocycles. The minimum atomic E-state index is 0. The summed E-state index contributed by atoms with van der Waals surface area (Å²) in [7, 11) is 0. The van der Waals surface area contributed by atoms with Gasteiger partial charge in [0.15, 0.2) is 0 Å². The van der Waals surface area contributed by atoms with Crippen molar-refractivity contribution in [3.8, 4) is 0 Å². The molecule has 0 aliphatic carbocycles. The molecule has 2 heterocycles. The highest BCUT2D eigenvalue weighted by atomic mass is 35.5. The summed E-state index contributed by atoms with van der Waals surface area (Å²) in [4.78, 5) is 17.2. The van der Waals surface area contributed by atoms with Gasteiger partial charge in [0.1, 0.15) is 0 Å². The van der Waals surface area contributed by atoms with E-state index in [1.54, 1.807) is 11.8 Å². The van der Waals surface area contributed by atoms with Gasteiger partial charge in [-0.05, 0) is 62.5 Å². The predicted molar refractivity (Wildman–Crippen MR) is 119 cm³/mol. The number of hydrogen-bond donors (Lipinski definition) is 2. The van der Waals surface area contributed by atoms with E-state index in [1.807, 2.05) is 0 Å². The summed E-state index contributed by atoms with van der Waals surface area (Å²) in [5.74, 6) is 0.851. The van der Waals surface area contributed by atoms with E-state index >= 15 is 0 Å². The van der Waals surface area contributed by atoms with Crippen LogP contribution in [-0.2, 0) is 4.79 Å². The number of rotatable bonds is 6. The topological polar surface area (TPSA) is 44.4 Å². The van der Waals surface area contributed by atoms with E-state index in [2.05, 4.69) is 64.1 Å². The van der Waals surface area contributed by atoms with Gasteiger partial charge in [-0.25, -0.2) is 0 Å². The van der Waals surface area contributed by atoms with Crippen LogP contribution in [0.3, 0.4) is 0 Å². The smallest absolute Gasteiger partial charge is 0.221 e. The van der Waals surface area contributed by atoms with Gasteiger partial charge in [0.2, 0.25) is 5.91 Å². The van der Waals surface area contributed by atoms with Crippen molar-refractivity contribution in [1.29, 1.82) is 0 Å². The highest BCUT2D eigenvalue weighted by Crippen LogP contribution is 2.47. The number of amides is 1. The molecule has 1 amide bonds. The summed E-state index contributed by atoms with van der Waals surface area (Å²) in [5.41, 5.74) is 2.39. The second-order valence-corrected chi connectivity index (χ2v) is 8.37. The first-order valence-corrected chi connectivity index (χ1v) is 10.7. The van der Waals surface area contributed by atoms with E-state index in [0.717, 1.165) is 26.1 Å². The number of carbonyl (C=O) groups is 1. The molecule has 28 heavy (non-hydrogen) atoms. The molecule has 1 fully saturated rings. The van der Waals surface area contributed by atoms with Gasteiger partial charge in [0.25, 0.3) is 0 Å². The van der Waals surface area contributed by atoms with E-state index in [0.29, 0.717) is 18.9 Å². The summed E-state index contributed by atoms with van der Waals surface area (Å²) in [6, 6.07) is 16.9. The van der Waals surface area contributed by atoms with Gasteiger partial charge in [-0.3, -0.25) is 4.79 Å². The Labute approximate surface area is 177 Å². The molecule has 0 saturated carbocycles. The third-order valence-electron chi connectivity index (χ3n) is 5.37. The molecule has 0 aromatic heterocycles. The zero-order chi connectivity index (χ0) is 18.5. The zero-order valence-electron chi connectivity index (χ0n) is 16.0. The number of carbonyl (C=O) groups excluding carboxylic acids is 1. The third kappa shape index (κ3) is 5.02. The molecule has 0 spiro atoms. The molecule has 6 heteroatoms. The maximum atomic E-state index is 12.4. The van der Waals surface area contributed by atoms with Crippen LogP contribution >= 0.6 is 24.2 Å². The first kappa shape index (κ1) is 21.0. The van der Waals surface area contributed by atoms with Gasteiger partial charge < -0.3 is 15.5 Å². The van der Waals surface area contributed by atoms with Crippen LogP contribution in [0.4, 0.5) is 11.4 Å². The number of piperidine rings is 1. The van der Waals surface area contributed by atoms with Crippen molar-refractivity contribution in [2.24, 2.45) is 5.92 Å². The normalized spacial score (nSPS) is 17.9. The lowest BCUT2D eigenvalue weighted by Gasteiger charge is -2.32. The van der Waals surface area contributed by atoms with Crippen LogP contribution in [0.5, 0.6) is 0 Å². The maximum Gasteiger partial charge on any atom is 0.221 e. The van der Waals surface area contributed by atoms with Crippen LogP contribution in [0.15, 0.2) is 58.3 Å². The monoisotopic (exact) mass is 417 g/mol. The quantitative estimate of drug-likeness (QED) is 0.720. The van der Waals surface area contributed by atoms with Crippen molar-refractivity contribution in [2.75, 3.05) is 31.1 Å². The number of nitrogens with zero attached hydrogens (tertiary/aromatic N) is 1. The van der Waals surface area contributed by atoms with Crippen LogP contribution in [0.2, 0.25) is 0 Å². The van der Waals surface area contributed by atoms with Gasteiger partial charge in [-0.2, -0.15) is 0 Å². The number of benzene rings is 2. The zero-order valence-corrected chi connectivity index (χ0v) is 17.7. The van der Waals surface area contributed by atoms with Crippen molar-refractivity contribution in [3.63, 3.8) is 0 Å². The molecule has 0 radical (unpaired) electrons. The van der Waals surface area contributed by atoms with Gasteiger partial charge in [-0.15, -0.1) is 12.4 Å². The molecular weight excluding hydrogens is 390 g/mol. The van der Waals surface area contributed by atoms with E-state index in [1.165, 1.54) is 34.0 Å². The molecular formula is C22H28ClN3OS. The Morgan fingerprint density at radius 2 is 1.79 bits per heavy atom. The lowest BCUT2D eigenvalue weighted by atomic mass is 9.96. The maximum absolute atomic E-state index is 12.4.